The van der Waals surface area contributed by atoms with Gasteiger partial charge in [-0.25, -0.2) is 0 Å². The van der Waals surface area contributed by atoms with Gasteiger partial charge in [-0.2, -0.15) is 0 Å². The highest BCUT2D eigenvalue weighted by atomic mass is 16.6. The molecule has 1 aromatic rings. The molecule has 0 bridgehead atoms. The zero-order chi connectivity index (χ0) is 60.4. The van der Waals surface area contributed by atoms with Crippen LogP contribution in [-0.2, 0) is 99.0 Å². The molecule has 1 atom stereocenters. The Kier molecular flexibility index (Phi) is 33.5. The number of nitrogens with one attached hydrogen (secondary N) is 3. The van der Waals surface area contributed by atoms with E-state index in [1.54, 1.807) is 67.0 Å². The molecular weight excluding hydrogens is 1060 g/mol. The van der Waals surface area contributed by atoms with Crippen molar-refractivity contribution >= 4 is 70.7 Å². The van der Waals surface area contributed by atoms with E-state index in [1.807, 2.05) is 0 Å². The molecule has 1 aromatic carbocycles. The Bertz CT molecular complexity index is 2260. The molecule has 0 radical (unpaired) electrons. The van der Waals surface area contributed by atoms with Crippen LogP contribution in [0.25, 0.3) is 0 Å². The molecule has 0 aliphatic carbocycles. The first-order chi connectivity index (χ1) is 38.4. The summed E-state index contributed by atoms with van der Waals surface area (Å²) in [5.41, 5.74) is 1.56. The van der Waals surface area contributed by atoms with E-state index in [4.69, 9.17) is 33.2 Å². The number of nitrogens with zero attached hydrogens (tertiary/aromatic N) is 6. The lowest BCUT2D eigenvalue weighted by molar-refractivity contribution is -0.148. The van der Waals surface area contributed by atoms with E-state index in [2.05, 4.69) is 16.0 Å². The molecule has 1 aliphatic heterocycles. The van der Waals surface area contributed by atoms with Gasteiger partial charge in [0, 0.05) is 73.1 Å². The van der Waals surface area contributed by atoms with Gasteiger partial charge in [0.2, 0.25) is 47.3 Å². The van der Waals surface area contributed by atoms with Gasteiger partial charge in [0.15, 0.2) is 0 Å². The number of imide groups is 1. The first kappa shape index (κ1) is 70.2. The molecule has 1 aliphatic rings. The van der Waals surface area contributed by atoms with Crippen molar-refractivity contribution in [2.45, 2.75) is 66.2 Å². The Morgan fingerprint density at radius 1 is 0.531 bits per heavy atom. The molecule has 0 saturated heterocycles. The minimum atomic E-state index is -0.944. The topological polar surface area (TPSA) is 308 Å². The van der Waals surface area contributed by atoms with Gasteiger partial charge in [0.25, 0.3) is 11.8 Å². The lowest BCUT2D eigenvalue weighted by Gasteiger charge is -2.24. The molecule has 27 nitrogen and oxygen atoms in total. The number of carbonyl (C=O) groups excluding carboxylic acids is 11. The lowest BCUT2D eigenvalue weighted by atomic mass is 10.0. The number of carbonyl (C=O) groups is 11. The van der Waals surface area contributed by atoms with Gasteiger partial charge in [-0.15, -0.1) is 0 Å². The predicted molar refractivity (Wildman–Crippen MR) is 292 cm³/mol. The van der Waals surface area contributed by atoms with Gasteiger partial charge in [0.1, 0.15) is 12.6 Å². The summed E-state index contributed by atoms with van der Waals surface area (Å²) in [4.78, 5) is 144. The number of hydrogen-bond donors (Lipinski definition) is 3. The molecule has 27 heteroatoms. The first-order valence-corrected chi connectivity index (χ1v) is 26.7. The van der Waals surface area contributed by atoms with Gasteiger partial charge < -0.3 is 73.6 Å². The minimum Gasteiger partial charge on any atom is -0.461 e. The maximum absolute atomic E-state index is 13.1. The Morgan fingerprint density at radius 3 is 1.48 bits per heavy atom. The van der Waals surface area contributed by atoms with E-state index in [9.17, 15) is 52.7 Å². The Hall–Kier alpha value is -6.91. The summed E-state index contributed by atoms with van der Waals surface area (Å²) in [7, 11) is 9.18. The molecule has 0 aromatic heterocycles. The van der Waals surface area contributed by atoms with Crippen LogP contribution in [0.2, 0.25) is 0 Å². The number of rotatable bonds is 41. The normalized spacial score (nSPS) is 12.3. The minimum absolute atomic E-state index is 0.0377. The quantitative estimate of drug-likeness (QED) is 0.0411. The third-order valence-corrected chi connectivity index (χ3v) is 12.0. The fourth-order valence-electron chi connectivity index (χ4n) is 6.93. The number of amides is 10. The maximum atomic E-state index is 13.1. The molecule has 454 valence electrons. The van der Waals surface area contributed by atoms with Gasteiger partial charge in [-0.3, -0.25) is 57.6 Å². The van der Waals surface area contributed by atoms with Crippen molar-refractivity contribution < 1.29 is 85.9 Å². The summed E-state index contributed by atoms with van der Waals surface area (Å²) >= 11 is 0. The third-order valence-electron chi connectivity index (χ3n) is 12.0. The van der Waals surface area contributed by atoms with E-state index < -0.39 is 59.9 Å². The standard InChI is InChI=1S/C54H85N9O18/c1-38(2)52(57-43(64)15-19-75-23-26-78-22-18-63-47(68)13-14-48(63)69)53(73)55-32-44(65)56-42-12-11-40(37-81-54(74)39(3)4)41(31-42)33-59(7)45(66)16-20-76-24-27-79-29-30-80-28-25-77-21-17-46(67)60(8)35-50(71)62(10)36-51(72)61(9)34-49(70)58(5)6/h11-14,31,38-39,52H,15-30,32-37H2,1-10H3,(H,55,73)(H,56,65)(H,57,64). The number of anilines is 1. The summed E-state index contributed by atoms with van der Waals surface area (Å²) in [6, 6.07) is 3.99. The van der Waals surface area contributed by atoms with Crippen LogP contribution >= 0.6 is 0 Å². The molecule has 2 rings (SSSR count). The van der Waals surface area contributed by atoms with Crippen molar-refractivity contribution in [3.05, 3.63) is 41.5 Å². The van der Waals surface area contributed by atoms with Crippen LogP contribution in [0, 0.1) is 11.8 Å². The molecule has 0 fully saturated rings. The van der Waals surface area contributed by atoms with E-state index in [-0.39, 0.29) is 167 Å². The van der Waals surface area contributed by atoms with Crippen molar-refractivity contribution in [1.82, 2.24) is 40.0 Å². The SMILES string of the molecule is CC(C)C(=O)OCc1ccc(NC(=O)CNC(=O)C(NC(=O)CCOCCOCCN2C(=O)C=CC2=O)C(C)C)cc1CN(C)C(=O)CCOCCOCCOCCOCCC(=O)N(C)CC(=O)N(C)CC(=O)N(C)CC(=O)N(C)C. The van der Waals surface area contributed by atoms with E-state index in [1.165, 1.54) is 57.8 Å². The average Bonchev–Trinajstić information content (AvgIpc) is 3.76. The monoisotopic (exact) mass is 1150 g/mol. The first-order valence-electron chi connectivity index (χ1n) is 26.7. The van der Waals surface area contributed by atoms with Gasteiger partial charge in [-0.1, -0.05) is 33.8 Å². The molecule has 0 saturated carbocycles. The third kappa shape index (κ3) is 28.9. The van der Waals surface area contributed by atoms with Gasteiger partial charge in [-0.05, 0) is 29.2 Å². The Morgan fingerprint density at radius 2 is 0.988 bits per heavy atom. The van der Waals surface area contributed by atoms with Crippen molar-refractivity contribution in [1.29, 1.82) is 0 Å². The van der Waals surface area contributed by atoms with Crippen LogP contribution in [0.3, 0.4) is 0 Å². The summed E-state index contributed by atoms with van der Waals surface area (Å²) in [5.74, 6) is -5.11. The predicted octanol–water partition coefficient (Wildman–Crippen LogP) is -0.802. The molecule has 10 amide bonds. The fraction of sp³-hybridized carbons (Fsp3) is 0.648. The van der Waals surface area contributed by atoms with Crippen LogP contribution < -0.4 is 16.0 Å². The number of hydrogen-bond acceptors (Lipinski definition) is 18. The lowest BCUT2D eigenvalue weighted by Crippen LogP contribution is -2.51. The second-order valence-corrected chi connectivity index (χ2v) is 19.7. The highest BCUT2D eigenvalue weighted by Crippen LogP contribution is 2.20. The molecule has 0 spiro atoms. The van der Waals surface area contributed by atoms with Crippen LogP contribution in [0.15, 0.2) is 30.4 Å². The number of ether oxygens (including phenoxy) is 7. The van der Waals surface area contributed by atoms with Crippen LogP contribution in [0.5, 0.6) is 0 Å². The highest BCUT2D eigenvalue weighted by Gasteiger charge is 2.26. The van der Waals surface area contributed by atoms with Crippen LogP contribution in [0.4, 0.5) is 5.69 Å². The zero-order valence-corrected chi connectivity index (χ0v) is 48.7. The fourth-order valence-corrected chi connectivity index (χ4v) is 6.93. The molecule has 3 N–H and O–H groups in total. The number of esters is 1. The average molecular weight is 1150 g/mol. The van der Waals surface area contributed by atoms with Gasteiger partial charge >= 0.3 is 5.97 Å². The van der Waals surface area contributed by atoms with Crippen molar-refractivity contribution in [2.24, 2.45) is 11.8 Å². The summed E-state index contributed by atoms with van der Waals surface area (Å²) in [6.07, 6.45) is 2.44. The second-order valence-electron chi connectivity index (χ2n) is 19.7. The highest BCUT2D eigenvalue weighted by molar-refractivity contribution is 6.12. The molecule has 1 heterocycles. The smallest absolute Gasteiger partial charge is 0.308 e. The van der Waals surface area contributed by atoms with E-state index >= 15 is 0 Å². The second kappa shape index (κ2) is 38.7. The van der Waals surface area contributed by atoms with Crippen molar-refractivity contribution in [3.8, 4) is 0 Å². The molecular formula is C54H85N9O18. The van der Waals surface area contributed by atoms with Crippen molar-refractivity contribution in [2.75, 3.05) is 160 Å². The van der Waals surface area contributed by atoms with Crippen molar-refractivity contribution in [3.63, 3.8) is 0 Å². The van der Waals surface area contributed by atoms with E-state index in [0.29, 0.717) is 16.8 Å². The number of benzene rings is 1. The molecule has 81 heavy (non-hydrogen) atoms. The van der Waals surface area contributed by atoms with Gasteiger partial charge in [0.05, 0.1) is 131 Å². The van der Waals surface area contributed by atoms with E-state index in [0.717, 1.165) is 4.90 Å². The maximum Gasteiger partial charge on any atom is 0.308 e. The molecule has 1 unspecified atom stereocenters. The van der Waals surface area contributed by atoms with Crippen LogP contribution in [-0.4, -0.2) is 255 Å². The largest absolute Gasteiger partial charge is 0.461 e. The summed E-state index contributed by atoms with van der Waals surface area (Å²) in [6.45, 7) is 8.35. The zero-order valence-electron chi connectivity index (χ0n) is 48.7. The summed E-state index contributed by atoms with van der Waals surface area (Å²) < 4.78 is 38.4. The summed E-state index contributed by atoms with van der Waals surface area (Å²) in [5, 5.41) is 7.99. The van der Waals surface area contributed by atoms with Crippen LogP contribution in [0.1, 0.15) is 58.1 Å². The Balaban J connectivity index is 1.68. The number of likely N-dealkylation sites (N-methyl/N-ethyl adjacent to an activating group) is 4. The Labute approximate surface area is 474 Å².